The third kappa shape index (κ3) is 2.14. The summed E-state index contributed by atoms with van der Waals surface area (Å²) in [6.45, 7) is 0.784. The highest BCUT2D eigenvalue weighted by atomic mass is 16.6. The molecule has 0 aromatic carbocycles. The Morgan fingerprint density at radius 1 is 1.27 bits per heavy atom. The molecule has 2 fully saturated rings. The molecule has 1 saturated carbocycles. The van der Waals surface area contributed by atoms with E-state index in [1.807, 2.05) is 0 Å². The predicted molar refractivity (Wildman–Crippen MR) is 42.0 cm³/mol. The maximum atomic E-state index is 5.52. The van der Waals surface area contributed by atoms with Gasteiger partial charge in [0.1, 0.15) is 12.9 Å². The van der Waals surface area contributed by atoms with Crippen molar-refractivity contribution in [1.29, 1.82) is 0 Å². The van der Waals surface area contributed by atoms with E-state index in [1.165, 1.54) is 32.1 Å². The van der Waals surface area contributed by atoms with Crippen LogP contribution in [-0.4, -0.2) is 12.7 Å². The molecule has 2 aliphatic rings. The smallest absolute Gasteiger partial charge is 0.168 e. The highest BCUT2D eigenvalue weighted by molar-refractivity contribution is 5.00. The van der Waals surface area contributed by atoms with Gasteiger partial charge in [-0.2, -0.15) is 0 Å². The van der Waals surface area contributed by atoms with Crippen molar-refractivity contribution in [2.45, 2.75) is 38.2 Å². The van der Waals surface area contributed by atoms with E-state index in [0.717, 1.165) is 12.4 Å². The van der Waals surface area contributed by atoms with Crippen LogP contribution in [0.1, 0.15) is 32.1 Å². The van der Waals surface area contributed by atoms with E-state index in [4.69, 9.17) is 9.47 Å². The van der Waals surface area contributed by atoms with Crippen molar-refractivity contribution in [3.05, 3.63) is 12.0 Å². The molecule has 1 heterocycles. The molecule has 62 valence electrons. The minimum absolute atomic E-state index is 0.473. The number of rotatable bonds is 2. The molecule has 0 unspecified atom stereocenters. The third-order valence-electron chi connectivity index (χ3n) is 2.26. The van der Waals surface area contributed by atoms with Gasteiger partial charge in [-0.05, 0) is 25.7 Å². The van der Waals surface area contributed by atoms with Crippen LogP contribution >= 0.6 is 0 Å². The number of epoxide rings is 1. The average molecular weight is 154 g/mol. The van der Waals surface area contributed by atoms with Gasteiger partial charge in [0, 0.05) is 0 Å². The zero-order valence-electron chi connectivity index (χ0n) is 6.71. The maximum absolute atomic E-state index is 5.52. The highest BCUT2D eigenvalue weighted by Crippen LogP contribution is 2.22. The maximum Gasteiger partial charge on any atom is 0.168 e. The summed E-state index contributed by atoms with van der Waals surface area (Å²) in [5.74, 6) is 1.01. The lowest BCUT2D eigenvalue weighted by Gasteiger charge is -2.20. The molecular weight excluding hydrogens is 140 g/mol. The van der Waals surface area contributed by atoms with E-state index in [2.05, 4.69) is 0 Å². The molecular formula is C9H14O2. The van der Waals surface area contributed by atoms with Crippen LogP contribution < -0.4 is 0 Å². The fourth-order valence-corrected chi connectivity index (χ4v) is 1.48. The third-order valence-corrected chi connectivity index (χ3v) is 2.26. The zero-order valence-corrected chi connectivity index (χ0v) is 6.71. The second kappa shape index (κ2) is 3.16. The second-order valence-corrected chi connectivity index (χ2v) is 3.27. The Bertz CT molecular complexity index is 151. The summed E-state index contributed by atoms with van der Waals surface area (Å²) in [6.07, 6.45) is 8.75. The van der Waals surface area contributed by atoms with Gasteiger partial charge in [-0.25, -0.2) is 0 Å². The van der Waals surface area contributed by atoms with Crippen molar-refractivity contribution in [2.24, 2.45) is 0 Å². The summed E-state index contributed by atoms with van der Waals surface area (Å²) in [5.41, 5.74) is 0. The quantitative estimate of drug-likeness (QED) is 0.449. The molecule has 0 aromatic rings. The molecule has 0 radical (unpaired) electrons. The van der Waals surface area contributed by atoms with Crippen LogP contribution in [-0.2, 0) is 9.47 Å². The molecule has 0 amide bonds. The van der Waals surface area contributed by atoms with Gasteiger partial charge < -0.3 is 9.47 Å². The first-order chi connectivity index (χ1) is 5.45. The van der Waals surface area contributed by atoms with Crippen molar-refractivity contribution < 1.29 is 9.47 Å². The first-order valence-electron chi connectivity index (χ1n) is 4.42. The van der Waals surface area contributed by atoms with Crippen LogP contribution in [0.25, 0.3) is 0 Å². The van der Waals surface area contributed by atoms with E-state index >= 15 is 0 Å². The Morgan fingerprint density at radius 3 is 2.64 bits per heavy atom. The lowest BCUT2D eigenvalue weighted by molar-refractivity contribution is 0.104. The summed E-state index contributed by atoms with van der Waals surface area (Å²) in [6, 6.07) is 0. The lowest BCUT2D eigenvalue weighted by Crippen LogP contribution is -2.13. The van der Waals surface area contributed by atoms with Crippen LogP contribution in [0, 0.1) is 0 Å². The Labute approximate surface area is 67.2 Å². The predicted octanol–water partition coefficient (Wildman–Crippen LogP) is 2.21. The minimum atomic E-state index is 0.473. The lowest BCUT2D eigenvalue weighted by atomic mass is 9.98. The Kier molecular flexibility index (Phi) is 2.01. The highest BCUT2D eigenvalue weighted by Gasteiger charge is 2.17. The van der Waals surface area contributed by atoms with Crippen LogP contribution in [0.3, 0.4) is 0 Å². The van der Waals surface area contributed by atoms with Gasteiger partial charge in [0.15, 0.2) is 5.76 Å². The zero-order chi connectivity index (χ0) is 7.52. The molecule has 0 spiro atoms. The number of hydrogen-bond donors (Lipinski definition) is 0. The Morgan fingerprint density at radius 2 is 2.00 bits per heavy atom. The molecule has 0 atom stereocenters. The normalized spacial score (nSPS) is 28.2. The summed E-state index contributed by atoms with van der Waals surface area (Å²) in [5, 5.41) is 0. The summed E-state index contributed by atoms with van der Waals surface area (Å²) in [4.78, 5) is 0. The van der Waals surface area contributed by atoms with Crippen LogP contribution in [0.15, 0.2) is 12.0 Å². The Balaban J connectivity index is 1.71. The summed E-state index contributed by atoms with van der Waals surface area (Å²) >= 11 is 0. The van der Waals surface area contributed by atoms with Crippen LogP contribution in [0.4, 0.5) is 0 Å². The monoisotopic (exact) mass is 154 g/mol. The standard InChI is InChI=1S/C9H14O2/c1-2-4-8(5-3-1)10-6-9-7-11-9/h6,8H,1-5,7H2/b9-6-. The summed E-state index contributed by atoms with van der Waals surface area (Å²) in [7, 11) is 0. The van der Waals surface area contributed by atoms with Gasteiger partial charge in [-0.3, -0.25) is 0 Å². The van der Waals surface area contributed by atoms with Gasteiger partial charge in [-0.15, -0.1) is 0 Å². The van der Waals surface area contributed by atoms with Crippen molar-refractivity contribution in [1.82, 2.24) is 0 Å². The molecule has 1 saturated heterocycles. The second-order valence-electron chi connectivity index (χ2n) is 3.27. The fourth-order valence-electron chi connectivity index (χ4n) is 1.48. The largest absolute Gasteiger partial charge is 0.494 e. The Hall–Kier alpha value is -0.660. The molecule has 0 N–H and O–H groups in total. The molecule has 11 heavy (non-hydrogen) atoms. The first-order valence-corrected chi connectivity index (χ1v) is 4.42. The van der Waals surface area contributed by atoms with Crippen molar-refractivity contribution in [2.75, 3.05) is 6.61 Å². The first kappa shape index (κ1) is 7.01. The molecule has 1 aliphatic heterocycles. The molecule has 2 nitrogen and oxygen atoms in total. The van der Waals surface area contributed by atoms with Gasteiger partial charge >= 0.3 is 0 Å². The molecule has 0 bridgehead atoms. The van der Waals surface area contributed by atoms with E-state index in [-0.39, 0.29) is 0 Å². The van der Waals surface area contributed by atoms with Gasteiger partial charge in [-0.1, -0.05) is 6.42 Å². The van der Waals surface area contributed by atoms with E-state index in [1.54, 1.807) is 6.26 Å². The average Bonchev–Trinajstić information content (AvgIpc) is 2.86. The van der Waals surface area contributed by atoms with Crippen molar-refractivity contribution in [3.8, 4) is 0 Å². The summed E-state index contributed by atoms with van der Waals surface area (Å²) < 4.78 is 10.5. The van der Waals surface area contributed by atoms with E-state index in [9.17, 15) is 0 Å². The van der Waals surface area contributed by atoms with Crippen LogP contribution in [0.2, 0.25) is 0 Å². The van der Waals surface area contributed by atoms with Gasteiger partial charge in [0.25, 0.3) is 0 Å². The molecule has 2 rings (SSSR count). The molecule has 1 aliphatic carbocycles. The van der Waals surface area contributed by atoms with Crippen molar-refractivity contribution >= 4 is 0 Å². The molecule has 0 aromatic heterocycles. The van der Waals surface area contributed by atoms with E-state index < -0.39 is 0 Å². The van der Waals surface area contributed by atoms with Gasteiger partial charge in [0.05, 0.1) is 6.10 Å². The fraction of sp³-hybridized carbons (Fsp3) is 0.778. The topological polar surface area (TPSA) is 21.8 Å². The molecule has 2 heteroatoms. The van der Waals surface area contributed by atoms with E-state index in [0.29, 0.717) is 6.10 Å². The van der Waals surface area contributed by atoms with Crippen LogP contribution in [0.5, 0.6) is 0 Å². The minimum Gasteiger partial charge on any atom is -0.494 e. The number of ether oxygens (including phenoxy) is 2. The van der Waals surface area contributed by atoms with Crippen molar-refractivity contribution in [3.63, 3.8) is 0 Å². The SMILES string of the molecule is C(/OC1CCCCC1)=C1\CO1. The van der Waals surface area contributed by atoms with Gasteiger partial charge in [0.2, 0.25) is 0 Å². The number of hydrogen-bond acceptors (Lipinski definition) is 2.